The van der Waals surface area contributed by atoms with Gasteiger partial charge in [0.2, 0.25) is 5.91 Å². The maximum atomic E-state index is 12.2. The lowest BCUT2D eigenvalue weighted by atomic mass is 10.1. The van der Waals surface area contributed by atoms with Crippen molar-refractivity contribution in [3.05, 3.63) is 35.6 Å². The van der Waals surface area contributed by atoms with E-state index in [0.717, 1.165) is 58.0 Å². The molecule has 0 spiro atoms. The molecular formula is C26H36N4O4. The first-order valence-electron chi connectivity index (χ1n) is 11.8. The van der Waals surface area contributed by atoms with Crippen molar-refractivity contribution >= 4 is 17.5 Å². The SMILES string of the molecule is C#CCC/C(O)=C(\C#N)C(=O)Nc1ccc(OCCCCCC(=O)NCCCCCCN)cc1. The number of carbonyl (C=O) groups excluding carboxylic acids is 2. The molecule has 0 heterocycles. The Morgan fingerprint density at radius 2 is 1.74 bits per heavy atom. The number of nitrogens with one attached hydrogen (secondary N) is 2. The van der Waals surface area contributed by atoms with Gasteiger partial charge in [0.05, 0.1) is 6.61 Å². The summed E-state index contributed by atoms with van der Waals surface area (Å²) in [7, 11) is 0. The van der Waals surface area contributed by atoms with Crippen molar-refractivity contribution in [2.75, 3.05) is 25.0 Å². The lowest BCUT2D eigenvalue weighted by Gasteiger charge is -2.09. The number of rotatable bonds is 17. The average molecular weight is 469 g/mol. The van der Waals surface area contributed by atoms with Crippen LogP contribution < -0.4 is 21.1 Å². The fourth-order valence-electron chi connectivity index (χ4n) is 3.08. The summed E-state index contributed by atoms with van der Waals surface area (Å²) in [6, 6.07) is 8.44. The number of anilines is 1. The molecule has 0 unspecified atom stereocenters. The normalized spacial score (nSPS) is 11.0. The Morgan fingerprint density at radius 3 is 2.41 bits per heavy atom. The van der Waals surface area contributed by atoms with Crippen LogP contribution in [0, 0.1) is 23.7 Å². The van der Waals surface area contributed by atoms with Crippen LogP contribution in [0.15, 0.2) is 35.6 Å². The zero-order valence-electron chi connectivity index (χ0n) is 19.8. The van der Waals surface area contributed by atoms with Gasteiger partial charge in [-0.05, 0) is 62.9 Å². The molecule has 0 fully saturated rings. The van der Waals surface area contributed by atoms with Crippen molar-refractivity contribution in [1.82, 2.24) is 5.32 Å². The monoisotopic (exact) mass is 468 g/mol. The van der Waals surface area contributed by atoms with Crippen LogP contribution in [0.5, 0.6) is 5.75 Å². The lowest BCUT2D eigenvalue weighted by molar-refractivity contribution is -0.121. The number of ether oxygens (including phenoxy) is 1. The summed E-state index contributed by atoms with van der Waals surface area (Å²) in [6.45, 7) is 1.98. The predicted octanol–water partition coefficient (Wildman–Crippen LogP) is 3.95. The van der Waals surface area contributed by atoms with Crippen LogP contribution in [0.4, 0.5) is 5.69 Å². The molecule has 2 amide bonds. The molecule has 0 aliphatic rings. The molecule has 184 valence electrons. The summed E-state index contributed by atoms with van der Waals surface area (Å²) < 4.78 is 5.69. The summed E-state index contributed by atoms with van der Waals surface area (Å²) in [6.07, 6.45) is 12.7. The van der Waals surface area contributed by atoms with Gasteiger partial charge < -0.3 is 26.2 Å². The molecule has 0 aliphatic carbocycles. The van der Waals surface area contributed by atoms with Crippen molar-refractivity contribution in [3.63, 3.8) is 0 Å². The van der Waals surface area contributed by atoms with Gasteiger partial charge >= 0.3 is 0 Å². The molecule has 0 saturated heterocycles. The Kier molecular flexibility index (Phi) is 15.1. The first kappa shape index (κ1) is 28.5. The van der Waals surface area contributed by atoms with Crippen LogP contribution in [-0.4, -0.2) is 36.6 Å². The van der Waals surface area contributed by atoms with Crippen LogP contribution in [0.2, 0.25) is 0 Å². The molecule has 5 N–H and O–H groups in total. The Bertz CT molecular complexity index is 866. The van der Waals surface area contributed by atoms with E-state index in [0.29, 0.717) is 24.5 Å². The lowest BCUT2D eigenvalue weighted by Crippen LogP contribution is -2.24. The Balaban J connectivity index is 2.24. The van der Waals surface area contributed by atoms with Crippen LogP contribution in [0.25, 0.3) is 0 Å². The molecule has 1 rings (SSSR count). The summed E-state index contributed by atoms with van der Waals surface area (Å²) >= 11 is 0. The average Bonchev–Trinajstić information content (AvgIpc) is 2.83. The number of nitrogens with two attached hydrogens (primary N) is 1. The number of hydrogen-bond donors (Lipinski definition) is 4. The highest BCUT2D eigenvalue weighted by Gasteiger charge is 2.15. The van der Waals surface area contributed by atoms with Crippen molar-refractivity contribution < 1.29 is 19.4 Å². The standard InChI is InChI=1S/C26H36N4O4/c1-2-3-11-24(31)23(20-28)26(33)30-21-13-15-22(16-14-21)34-19-10-6-7-12-25(32)29-18-9-5-4-8-17-27/h1,13-16,31H,3-12,17-19,27H2,(H,29,32)(H,30,33)/b24-23-. The number of nitriles is 1. The van der Waals surface area contributed by atoms with Crippen LogP contribution >= 0.6 is 0 Å². The fraction of sp³-hybridized carbons (Fsp3) is 0.500. The Labute approximate surface area is 202 Å². The molecule has 0 aromatic heterocycles. The second-order valence-corrected chi connectivity index (χ2v) is 7.83. The first-order valence-corrected chi connectivity index (χ1v) is 11.8. The van der Waals surface area contributed by atoms with Gasteiger partial charge in [-0.2, -0.15) is 5.26 Å². The fourth-order valence-corrected chi connectivity index (χ4v) is 3.08. The molecule has 8 heteroatoms. The van der Waals surface area contributed by atoms with Gasteiger partial charge in [0.15, 0.2) is 5.57 Å². The van der Waals surface area contributed by atoms with Gasteiger partial charge in [0, 0.05) is 31.5 Å². The van der Waals surface area contributed by atoms with Crippen LogP contribution in [0.3, 0.4) is 0 Å². The van der Waals surface area contributed by atoms with E-state index in [2.05, 4.69) is 16.6 Å². The summed E-state index contributed by atoms with van der Waals surface area (Å²) in [5.41, 5.74) is 5.57. The van der Waals surface area contributed by atoms with Gasteiger partial charge in [-0.3, -0.25) is 9.59 Å². The van der Waals surface area contributed by atoms with Crippen LogP contribution in [-0.2, 0) is 9.59 Å². The molecule has 34 heavy (non-hydrogen) atoms. The minimum atomic E-state index is -0.693. The number of hydrogen-bond acceptors (Lipinski definition) is 6. The van der Waals surface area contributed by atoms with E-state index in [9.17, 15) is 14.7 Å². The van der Waals surface area contributed by atoms with E-state index in [1.807, 2.05) is 0 Å². The van der Waals surface area contributed by atoms with Crippen LogP contribution in [0.1, 0.15) is 64.2 Å². The first-order chi connectivity index (χ1) is 16.5. The number of unbranched alkanes of at least 4 members (excludes halogenated alkanes) is 5. The zero-order chi connectivity index (χ0) is 25.0. The largest absolute Gasteiger partial charge is 0.511 e. The summed E-state index contributed by atoms with van der Waals surface area (Å²) in [5, 5.41) is 24.5. The van der Waals surface area contributed by atoms with Gasteiger partial charge in [0.25, 0.3) is 5.91 Å². The number of nitrogens with zero attached hydrogens (tertiary/aromatic N) is 1. The van der Waals surface area contributed by atoms with E-state index in [1.54, 1.807) is 30.3 Å². The molecule has 1 aromatic carbocycles. The smallest absolute Gasteiger partial charge is 0.269 e. The number of amides is 2. The second-order valence-electron chi connectivity index (χ2n) is 7.83. The Morgan fingerprint density at radius 1 is 1.03 bits per heavy atom. The molecule has 0 radical (unpaired) electrons. The van der Waals surface area contributed by atoms with Gasteiger partial charge in [-0.25, -0.2) is 0 Å². The number of benzene rings is 1. The molecular weight excluding hydrogens is 432 g/mol. The highest BCUT2D eigenvalue weighted by molar-refractivity contribution is 6.06. The highest BCUT2D eigenvalue weighted by Crippen LogP contribution is 2.18. The van der Waals surface area contributed by atoms with Crippen molar-refractivity contribution in [2.45, 2.75) is 64.2 Å². The van der Waals surface area contributed by atoms with Crippen molar-refractivity contribution in [3.8, 4) is 24.2 Å². The maximum Gasteiger partial charge on any atom is 0.269 e. The highest BCUT2D eigenvalue weighted by atomic mass is 16.5. The van der Waals surface area contributed by atoms with E-state index < -0.39 is 5.91 Å². The van der Waals surface area contributed by atoms with E-state index in [-0.39, 0.29) is 30.1 Å². The third kappa shape index (κ3) is 12.5. The molecule has 0 bridgehead atoms. The number of carbonyl (C=O) groups is 2. The number of terminal acetylenes is 1. The predicted molar refractivity (Wildman–Crippen MR) is 133 cm³/mol. The summed E-state index contributed by atoms with van der Waals surface area (Å²) in [4.78, 5) is 24.0. The van der Waals surface area contributed by atoms with Gasteiger partial charge in [0.1, 0.15) is 17.6 Å². The van der Waals surface area contributed by atoms with Gasteiger partial charge in [-0.15, -0.1) is 12.3 Å². The third-order valence-corrected chi connectivity index (χ3v) is 5.02. The van der Waals surface area contributed by atoms with Crippen molar-refractivity contribution in [1.29, 1.82) is 5.26 Å². The second kappa shape index (κ2) is 18.0. The maximum absolute atomic E-state index is 12.2. The topological polar surface area (TPSA) is 137 Å². The number of aliphatic hydroxyl groups excluding tert-OH is 1. The molecule has 0 atom stereocenters. The molecule has 0 saturated carbocycles. The molecule has 1 aromatic rings. The third-order valence-electron chi connectivity index (χ3n) is 5.02. The minimum absolute atomic E-state index is 0.0693. The quantitative estimate of drug-likeness (QED) is 0.0898. The summed E-state index contributed by atoms with van der Waals surface area (Å²) in [5.74, 6) is 2.08. The van der Waals surface area contributed by atoms with Crippen molar-refractivity contribution in [2.24, 2.45) is 5.73 Å². The number of allylic oxidation sites excluding steroid dienone is 1. The zero-order valence-corrected chi connectivity index (χ0v) is 19.8. The minimum Gasteiger partial charge on any atom is -0.511 e. The van der Waals surface area contributed by atoms with E-state index in [1.165, 1.54) is 0 Å². The number of aliphatic hydroxyl groups is 1. The van der Waals surface area contributed by atoms with Gasteiger partial charge in [-0.1, -0.05) is 12.8 Å². The molecule has 8 nitrogen and oxygen atoms in total. The molecule has 0 aliphatic heterocycles. The van der Waals surface area contributed by atoms with E-state index in [4.69, 9.17) is 22.2 Å². The Hall–Kier alpha value is -3.49. The van der Waals surface area contributed by atoms with E-state index >= 15 is 0 Å².